The van der Waals surface area contributed by atoms with Crippen LogP contribution in [0.3, 0.4) is 0 Å². The highest BCUT2D eigenvalue weighted by molar-refractivity contribution is 7.92. The van der Waals surface area contributed by atoms with Crippen LogP contribution in [0.5, 0.6) is 5.75 Å². The standard InChI is InChI=1S/C26H30ClN3O7S3/c1-17-14-30(18(2)16-31)26(32)22-13-20(28-39(33,34)21-9-6-19(27)7-10-21)8-11-23(22)37-24(17)15-29(3)40(35,36)25-5-4-12-38-25/h4-13,17-18,24,28,31H,14-16H2,1-3H3/t17-,18+,24-/m1/s1. The van der Waals surface area contributed by atoms with Gasteiger partial charge in [0.1, 0.15) is 16.1 Å². The first-order chi connectivity index (χ1) is 18.8. The molecule has 1 aliphatic rings. The van der Waals surface area contributed by atoms with E-state index in [1.165, 1.54) is 64.8 Å². The molecule has 216 valence electrons. The van der Waals surface area contributed by atoms with E-state index in [1.807, 2.05) is 6.92 Å². The molecule has 40 heavy (non-hydrogen) atoms. The molecule has 2 heterocycles. The van der Waals surface area contributed by atoms with Crippen molar-refractivity contribution in [2.45, 2.75) is 35.1 Å². The Morgan fingerprint density at radius 3 is 2.50 bits per heavy atom. The molecule has 3 aromatic rings. The van der Waals surface area contributed by atoms with Crippen LogP contribution in [0.2, 0.25) is 5.02 Å². The van der Waals surface area contributed by atoms with E-state index < -0.39 is 38.1 Å². The minimum absolute atomic E-state index is 0.00131. The van der Waals surface area contributed by atoms with Crippen molar-refractivity contribution in [3.63, 3.8) is 0 Å². The fraction of sp³-hybridized carbons (Fsp3) is 0.346. The molecule has 1 amide bonds. The lowest BCUT2D eigenvalue weighted by molar-refractivity contribution is 0.0387. The van der Waals surface area contributed by atoms with Crippen molar-refractivity contribution in [3.05, 3.63) is 70.6 Å². The lowest BCUT2D eigenvalue weighted by Gasteiger charge is -2.38. The van der Waals surface area contributed by atoms with Crippen molar-refractivity contribution < 1.29 is 31.5 Å². The van der Waals surface area contributed by atoms with Crippen LogP contribution >= 0.6 is 22.9 Å². The Labute approximate surface area is 243 Å². The van der Waals surface area contributed by atoms with E-state index in [-0.39, 0.29) is 51.7 Å². The molecule has 0 spiro atoms. The van der Waals surface area contributed by atoms with Crippen LogP contribution in [0, 0.1) is 5.92 Å². The molecule has 1 aliphatic heterocycles. The molecule has 0 bridgehead atoms. The Balaban J connectivity index is 1.68. The number of nitrogens with one attached hydrogen (secondary N) is 1. The minimum Gasteiger partial charge on any atom is -0.488 e. The highest BCUT2D eigenvalue weighted by atomic mass is 35.5. The first-order valence-electron chi connectivity index (χ1n) is 12.3. The predicted molar refractivity (Wildman–Crippen MR) is 154 cm³/mol. The van der Waals surface area contributed by atoms with Gasteiger partial charge in [0, 0.05) is 30.2 Å². The summed E-state index contributed by atoms with van der Waals surface area (Å²) in [5.74, 6) is -0.586. The van der Waals surface area contributed by atoms with Crippen molar-refractivity contribution in [3.8, 4) is 5.75 Å². The summed E-state index contributed by atoms with van der Waals surface area (Å²) in [7, 11) is -6.27. The summed E-state index contributed by atoms with van der Waals surface area (Å²) in [6.07, 6.45) is -0.656. The summed E-state index contributed by atoms with van der Waals surface area (Å²) in [6, 6.07) is 12.6. The fourth-order valence-electron chi connectivity index (χ4n) is 4.25. The monoisotopic (exact) mass is 627 g/mol. The van der Waals surface area contributed by atoms with Crippen LogP contribution in [0.1, 0.15) is 24.2 Å². The van der Waals surface area contributed by atoms with Crippen LogP contribution in [0.4, 0.5) is 5.69 Å². The Kier molecular flexibility index (Phi) is 9.12. The van der Waals surface area contributed by atoms with Crippen molar-refractivity contribution in [1.82, 2.24) is 9.21 Å². The second kappa shape index (κ2) is 12.0. The third-order valence-electron chi connectivity index (χ3n) is 6.64. The lowest BCUT2D eigenvalue weighted by atomic mass is 9.99. The number of anilines is 1. The van der Waals surface area contributed by atoms with E-state index in [0.29, 0.717) is 5.02 Å². The molecule has 2 N–H and O–H groups in total. The van der Waals surface area contributed by atoms with Crippen LogP contribution < -0.4 is 9.46 Å². The number of carbonyl (C=O) groups excluding carboxylic acids is 1. The number of nitrogens with zero attached hydrogens (tertiary/aromatic N) is 2. The summed E-state index contributed by atoms with van der Waals surface area (Å²) >= 11 is 6.99. The average molecular weight is 628 g/mol. The molecular weight excluding hydrogens is 598 g/mol. The Bertz CT molecular complexity index is 1560. The fourth-order valence-corrected chi connectivity index (χ4v) is 7.81. The minimum atomic E-state index is -3.99. The Morgan fingerprint density at radius 2 is 1.88 bits per heavy atom. The lowest BCUT2D eigenvalue weighted by Crippen LogP contribution is -2.50. The molecule has 0 fully saturated rings. The predicted octanol–water partition coefficient (Wildman–Crippen LogP) is 3.74. The van der Waals surface area contributed by atoms with Gasteiger partial charge in [-0.3, -0.25) is 9.52 Å². The van der Waals surface area contributed by atoms with E-state index in [0.717, 1.165) is 11.3 Å². The number of aliphatic hydroxyl groups excluding tert-OH is 1. The van der Waals surface area contributed by atoms with Gasteiger partial charge in [0.25, 0.3) is 26.0 Å². The largest absolute Gasteiger partial charge is 0.488 e. The SMILES string of the molecule is C[C@@H]1CN([C@@H](C)CO)C(=O)c2cc(NS(=O)(=O)c3ccc(Cl)cc3)ccc2O[C@@H]1CN(C)S(=O)(=O)c1cccs1. The molecule has 0 unspecified atom stereocenters. The van der Waals surface area contributed by atoms with E-state index in [9.17, 15) is 26.7 Å². The van der Waals surface area contributed by atoms with Gasteiger partial charge in [-0.2, -0.15) is 4.31 Å². The summed E-state index contributed by atoms with van der Waals surface area (Å²) in [6.45, 7) is 3.43. The van der Waals surface area contributed by atoms with Gasteiger partial charge in [-0.1, -0.05) is 24.6 Å². The molecule has 0 radical (unpaired) electrons. The zero-order valence-corrected chi connectivity index (χ0v) is 25.2. The third-order valence-corrected chi connectivity index (χ3v) is 11.5. The van der Waals surface area contributed by atoms with Crippen LogP contribution in [-0.2, 0) is 20.0 Å². The number of carbonyl (C=O) groups is 1. The maximum atomic E-state index is 13.6. The van der Waals surface area contributed by atoms with Gasteiger partial charge >= 0.3 is 0 Å². The number of likely N-dealkylation sites (N-methyl/N-ethyl adjacent to an activating group) is 1. The van der Waals surface area contributed by atoms with Gasteiger partial charge in [0.15, 0.2) is 0 Å². The number of ether oxygens (including phenoxy) is 1. The summed E-state index contributed by atoms with van der Waals surface area (Å²) in [5, 5.41) is 11.9. The van der Waals surface area contributed by atoms with Crippen LogP contribution in [0.25, 0.3) is 0 Å². The first-order valence-corrected chi connectivity index (χ1v) is 16.5. The third kappa shape index (κ3) is 6.45. The van der Waals surface area contributed by atoms with Gasteiger partial charge in [0.2, 0.25) is 0 Å². The summed E-state index contributed by atoms with van der Waals surface area (Å²) < 4.78 is 62.2. The smallest absolute Gasteiger partial charge is 0.261 e. The highest BCUT2D eigenvalue weighted by Gasteiger charge is 2.35. The molecule has 14 heteroatoms. The quantitative estimate of drug-likeness (QED) is 0.369. The normalized spacial score (nSPS) is 18.9. The second-order valence-electron chi connectivity index (χ2n) is 9.61. The number of rotatable bonds is 9. The van der Waals surface area contributed by atoms with Gasteiger partial charge < -0.3 is 14.7 Å². The molecule has 10 nitrogen and oxygen atoms in total. The number of fused-ring (bicyclic) bond motifs is 1. The average Bonchev–Trinajstić information content (AvgIpc) is 3.47. The van der Waals surface area contributed by atoms with Gasteiger partial charge in [-0.05, 0) is 60.8 Å². The number of sulfonamides is 2. The van der Waals surface area contributed by atoms with Crippen molar-refractivity contribution >= 4 is 54.6 Å². The number of benzene rings is 2. The molecule has 0 saturated carbocycles. The zero-order chi connectivity index (χ0) is 29.2. The first kappa shape index (κ1) is 30.3. The molecule has 2 aromatic carbocycles. The van der Waals surface area contributed by atoms with E-state index in [4.69, 9.17) is 16.3 Å². The number of hydrogen-bond donors (Lipinski definition) is 2. The molecule has 0 aliphatic carbocycles. The Morgan fingerprint density at radius 1 is 1.18 bits per heavy atom. The summed E-state index contributed by atoms with van der Waals surface area (Å²) in [5.41, 5.74) is 0.210. The molecule has 0 saturated heterocycles. The Hall–Kier alpha value is -2.68. The maximum Gasteiger partial charge on any atom is 0.261 e. The zero-order valence-electron chi connectivity index (χ0n) is 22.0. The van der Waals surface area contributed by atoms with E-state index >= 15 is 0 Å². The van der Waals surface area contributed by atoms with Crippen molar-refractivity contribution in [2.24, 2.45) is 5.92 Å². The van der Waals surface area contributed by atoms with Crippen molar-refractivity contribution in [2.75, 3.05) is 31.5 Å². The number of hydrogen-bond acceptors (Lipinski definition) is 8. The van der Waals surface area contributed by atoms with E-state index in [2.05, 4.69) is 4.72 Å². The molecular formula is C26H30ClN3O7S3. The number of halogens is 1. The molecule has 1 aromatic heterocycles. The molecule has 4 rings (SSSR count). The maximum absolute atomic E-state index is 13.6. The summed E-state index contributed by atoms with van der Waals surface area (Å²) in [4.78, 5) is 15.1. The van der Waals surface area contributed by atoms with Crippen LogP contribution in [0.15, 0.2) is 69.1 Å². The number of aliphatic hydroxyl groups is 1. The highest BCUT2D eigenvalue weighted by Crippen LogP contribution is 2.32. The van der Waals surface area contributed by atoms with Gasteiger partial charge in [-0.25, -0.2) is 16.8 Å². The van der Waals surface area contributed by atoms with E-state index in [1.54, 1.807) is 18.4 Å². The van der Waals surface area contributed by atoms with Crippen LogP contribution in [-0.4, -0.2) is 75.9 Å². The van der Waals surface area contributed by atoms with Crippen molar-refractivity contribution in [1.29, 1.82) is 0 Å². The number of amides is 1. The number of thiophene rings is 1. The second-order valence-corrected chi connectivity index (χ2v) is 14.9. The van der Waals surface area contributed by atoms with Gasteiger partial charge in [-0.15, -0.1) is 11.3 Å². The molecule has 3 atom stereocenters. The van der Waals surface area contributed by atoms with Gasteiger partial charge in [0.05, 0.1) is 29.7 Å². The topological polar surface area (TPSA) is 133 Å².